The molecule has 20 heavy (non-hydrogen) atoms. The average Bonchev–Trinajstić information content (AvgIpc) is 2.84. The molecule has 1 fully saturated rings. The van der Waals surface area contributed by atoms with Crippen molar-refractivity contribution >= 4 is 58.7 Å². The van der Waals surface area contributed by atoms with Gasteiger partial charge in [0.2, 0.25) is 0 Å². The minimum absolute atomic E-state index is 0.0403. The van der Waals surface area contributed by atoms with Crippen LogP contribution in [0.15, 0.2) is 14.1 Å². The third-order valence-electron chi connectivity index (χ3n) is 3.11. The molecule has 2 rings (SSSR count). The molecule has 0 aromatic carbocycles. The number of rotatable bonds is 4. The molecular formula is C10H13BrClNO4S3. The van der Waals surface area contributed by atoms with Gasteiger partial charge in [-0.1, -0.05) is 18.5 Å². The molecule has 2 heterocycles. The van der Waals surface area contributed by atoms with Crippen molar-refractivity contribution in [3.8, 4) is 0 Å². The molecule has 0 bridgehead atoms. The van der Waals surface area contributed by atoms with E-state index in [4.69, 9.17) is 11.6 Å². The standard InChI is InChI=1S/C10H13BrClNO4S3/c1-2-13(7-3-4-19(14,15)6-7)20(16,17)9-5-8(12)10(11)18-9/h5,7H,2-4,6H2,1H3. The lowest BCUT2D eigenvalue weighted by Gasteiger charge is -2.25. The Morgan fingerprint density at radius 2 is 2.20 bits per heavy atom. The monoisotopic (exact) mass is 421 g/mol. The van der Waals surface area contributed by atoms with E-state index in [-0.39, 0.29) is 22.3 Å². The van der Waals surface area contributed by atoms with Crippen LogP contribution in [0.5, 0.6) is 0 Å². The second-order valence-corrected chi connectivity index (χ2v) is 11.6. The first-order valence-electron chi connectivity index (χ1n) is 5.84. The molecule has 5 nitrogen and oxygen atoms in total. The summed E-state index contributed by atoms with van der Waals surface area (Å²) >= 11 is 10.1. The maximum Gasteiger partial charge on any atom is 0.252 e. The molecule has 1 aliphatic heterocycles. The molecule has 0 aliphatic carbocycles. The summed E-state index contributed by atoms with van der Waals surface area (Å²) in [7, 11) is -6.85. The fraction of sp³-hybridized carbons (Fsp3) is 0.600. The van der Waals surface area contributed by atoms with Crippen LogP contribution in [0.25, 0.3) is 0 Å². The molecule has 114 valence electrons. The van der Waals surface area contributed by atoms with Gasteiger partial charge in [-0.3, -0.25) is 0 Å². The van der Waals surface area contributed by atoms with E-state index in [9.17, 15) is 16.8 Å². The number of thiophene rings is 1. The minimum Gasteiger partial charge on any atom is -0.229 e. The Bertz CT molecular complexity index is 693. The van der Waals surface area contributed by atoms with Crippen molar-refractivity contribution in [3.05, 3.63) is 14.9 Å². The molecule has 0 N–H and O–H groups in total. The van der Waals surface area contributed by atoms with Crippen LogP contribution in [0.1, 0.15) is 13.3 Å². The van der Waals surface area contributed by atoms with Crippen molar-refractivity contribution in [3.63, 3.8) is 0 Å². The van der Waals surface area contributed by atoms with Crippen LogP contribution in [0.3, 0.4) is 0 Å². The van der Waals surface area contributed by atoms with Crippen LogP contribution >= 0.6 is 38.9 Å². The Hall–Kier alpha value is 0.330. The van der Waals surface area contributed by atoms with Crippen LogP contribution in [-0.2, 0) is 19.9 Å². The van der Waals surface area contributed by atoms with Crippen LogP contribution in [0, 0.1) is 0 Å². The first-order chi connectivity index (χ1) is 9.17. The summed E-state index contributed by atoms with van der Waals surface area (Å²) < 4.78 is 50.2. The van der Waals surface area contributed by atoms with E-state index >= 15 is 0 Å². The first-order valence-corrected chi connectivity index (χ1v) is 11.1. The zero-order valence-corrected chi connectivity index (χ0v) is 15.3. The van der Waals surface area contributed by atoms with E-state index in [2.05, 4.69) is 15.9 Å². The topological polar surface area (TPSA) is 71.5 Å². The lowest BCUT2D eigenvalue weighted by Crippen LogP contribution is -2.40. The van der Waals surface area contributed by atoms with E-state index in [0.29, 0.717) is 15.2 Å². The van der Waals surface area contributed by atoms with Crippen LogP contribution < -0.4 is 0 Å². The van der Waals surface area contributed by atoms with E-state index in [0.717, 1.165) is 11.3 Å². The fourth-order valence-electron chi connectivity index (χ4n) is 2.20. The summed E-state index contributed by atoms with van der Waals surface area (Å²) in [6, 6.07) is 0.896. The largest absolute Gasteiger partial charge is 0.252 e. The molecule has 1 unspecified atom stereocenters. The van der Waals surface area contributed by atoms with Gasteiger partial charge in [-0.05, 0) is 28.4 Å². The average molecular weight is 423 g/mol. The third-order valence-corrected chi connectivity index (χ3v) is 9.81. The minimum atomic E-state index is -3.71. The quantitative estimate of drug-likeness (QED) is 0.747. The van der Waals surface area contributed by atoms with Gasteiger partial charge < -0.3 is 0 Å². The van der Waals surface area contributed by atoms with Gasteiger partial charge >= 0.3 is 0 Å². The Labute approximate surface area is 136 Å². The van der Waals surface area contributed by atoms with E-state index in [1.54, 1.807) is 6.92 Å². The van der Waals surface area contributed by atoms with Gasteiger partial charge in [0.1, 0.15) is 4.21 Å². The Morgan fingerprint density at radius 1 is 1.55 bits per heavy atom. The molecule has 0 saturated carbocycles. The van der Waals surface area contributed by atoms with Gasteiger partial charge in [0, 0.05) is 12.6 Å². The number of hydrogen-bond donors (Lipinski definition) is 0. The lowest BCUT2D eigenvalue weighted by molar-refractivity contribution is 0.355. The fourth-order valence-corrected chi connectivity index (χ4v) is 8.21. The van der Waals surface area contributed by atoms with Crippen molar-refractivity contribution in [2.75, 3.05) is 18.1 Å². The summed E-state index contributed by atoms with van der Waals surface area (Å²) in [4.78, 5) is 0. The summed E-state index contributed by atoms with van der Waals surface area (Å²) in [5.74, 6) is -0.0705. The van der Waals surface area contributed by atoms with Gasteiger partial charge in [0.15, 0.2) is 9.84 Å². The maximum absolute atomic E-state index is 12.6. The molecule has 0 spiro atoms. The second-order valence-electron chi connectivity index (χ2n) is 4.45. The molecule has 0 amide bonds. The van der Waals surface area contributed by atoms with Gasteiger partial charge in [-0.2, -0.15) is 4.31 Å². The highest BCUT2D eigenvalue weighted by Gasteiger charge is 2.38. The highest BCUT2D eigenvalue weighted by atomic mass is 79.9. The Balaban J connectivity index is 2.36. The zero-order chi connectivity index (χ0) is 15.1. The van der Waals surface area contributed by atoms with Crippen LogP contribution in [0.4, 0.5) is 0 Å². The van der Waals surface area contributed by atoms with Crippen molar-refractivity contribution in [2.45, 2.75) is 23.6 Å². The molecule has 0 radical (unpaired) electrons. The summed E-state index contributed by atoms with van der Waals surface area (Å²) in [5.41, 5.74) is 0. The SMILES string of the molecule is CCN(C1CCS(=O)(=O)C1)S(=O)(=O)c1cc(Cl)c(Br)s1. The molecule has 10 heteroatoms. The highest BCUT2D eigenvalue weighted by molar-refractivity contribution is 9.11. The van der Waals surface area contributed by atoms with Gasteiger partial charge in [-0.15, -0.1) is 11.3 Å². The van der Waals surface area contributed by atoms with Crippen molar-refractivity contribution in [1.29, 1.82) is 0 Å². The number of hydrogen-bond acceptors (Lipinski definition) is 5. The smallest absolute Gasteiger partial charge is 0.229 e. The lowest BCUT2D eigenvalue weighted by atomic mass is 10.3. The van der Waals surface area contributed by atoms with Gasteiger partial charge in [-0.25, -0.2) is 16.8 Å². The van der Waals surface area contributed by atoms with E-state index in [1.807, 2.05) is 0 Å². The summed E-state index contributed by atoms with van der Waals surface area (Å²) in [6.45, 7) is 1.93. The van der Waals surface area contributed by atoms with Crippen molar-refractivity contribution in [1.82, 2.24) is 4.31 Å². The van der Waals surface area contributed by atoms with E-state index in [1.165, 1.54) is 10.4 Å². The number of sulfone groups is 1. The predicted octanol–water partition coefficient (Wildman–Crippen LogP) is 2.36. The molecule has 1 aromatic rings. The van der Waals surface area contributed by atoms with Crippen LogP contribution in [0.2, 0.25) is 5.02 Å². The molecule has 1 saturated heterocycles. The molecular weight excluding hydrogens is 410 g/mol. The Morgan fingerprint density at radius 3 is 2.60 bits per heavy atom. The third kappa shape index (κ3) is 3.22. The Kier molecular flexibility index (Phi) is 4.88. The zero-order valence-electron chi connectivity index (χ0n) is 10.5. The van der Waals surface area contributed by atoms with Crippen molar-refractivity contribution in [2.24, 2.45) is 0 Å². The summed E-state index contributed by atoms with van der Waals surface area (Å²) in [6.07, 6.45) is 0.343. The number of halogens is 2. The normalized spacial score (nSPS) is 22.5. The summed E-state index contributed by atoms with van der Waals surface area (Å²) in [5, 5.41) is 0.337. The highest BCUT2D eigenvalue weighted by Crippen LogP contribution is 2.37. The molecule has 1 atom stereocenters. The molecule has 1 aliphatic rings. The van der Waals surface area contributed by atoms with E-state index < -0.39 is 25.9 Å². The number of nitrogens with zero attached hydrogens (tertiary/aromatic N) is 1. The van der Waals surface area contributed by atoms with Crippen LogP contribution in [-0.4, -0.2) is 45.2 Å². The van der Waals surface area contributed by atoms with Crippen molar-refractivity contribution < 1.29 is 16.8 Å². The van der Waals surface area contributed by atoms with Gasteiger partial charge in [0.25, 0.3) is 10.0 Å². The number of sulfonamides is 1. The van der Waals surface area contributed by atoms with Gasteiger partial charge in [0.05, 0.1) is 20.3 Å². The first kappa shape index (κ1) is 16.7. The second kappa shape index (κ2) is 5.85. The maximum atomic E-state index is 12.6. The molecule has 1 aromatic heterocycles. The predicted molar refractivity (Wildman–Crippen MR) is 83.7 cm³/mol.